The molecule has 0 spiro atoms. The van der Waals surface area contributed by atoms with Gasteiger partial charge < -0.3 is 10.1 Å². The highest BCUT2D eigenvalue weighted by atomic mass is 32.3. The van der Waals surface area contributed by atoms with Gasteiger partial charge in [0.05, 0.1) is 23.9 Å². The summed E-state index contributed by atoms with van der Waals surface area (Å²) in [5.74, 6) is -0.170. The molecule has 2 atom stereocenters. The average Bonchev–Trinajstić information content (AvgIpc) is 3.68. The Morgan fingerprint density at radius 1 is 1.20 bits per heavy atom. The van der Waals surface area contributed by atoms with Gasteiger partial charge in [-0.3, -0.25) is 13.9 Å². The lowest BCUT2D eigenvalue weighted by molar-refractivity contribution is -0.116. The molecule has 0 fully saturated rings. The highest BCUT2D eigenvalue weighted by Gasteiger charge is 2.36. The maximum Gasteiger partial charge on any atom is 0.239 e. The Labute approximate surface area is 267 Å². The number of anilines is 1. The number of hydrogen-bond acceptors (Lipinski definition) is 10. The number of fused-ring (bicyclic) bond motifs is 2. The number of benzene rings is 2. The van der Waals surface area contributed by atoms with Crippen LogP contribution in [0.25, 0.3) is 11.0 Å². The van der Waals surface area contributed by atoms with Gasteiger partial charge in [-0.25, -0.2) is 9.67 Å². The number of nitrogens with zero attached hydrogens (tertiary/aromatic N) is 6. The van der Waals surface area contributed by atoms with Crippen molar-refractivity contribution < 1.29 is 18.6 Å². The quantitative estimate of drug-likeness (QED) is 0.158. The number of ether oxygens (including phenoxy) is 1. The van der Waals surface area contributed by atoms with Crippen molar-refractivity contribution in [1.82, 2.24) is 28.7 Å². The third kappa shape index (κ3) is 6.18. The second kappa shape index (κ2) is 12.9. The van der Waals surface area contributed by atoms with E-state index in [-0.39, 0.29) is 41.7 Å². The molecule has 0 aliphatic carbocycles. The first-order valence-corrected chi connectivity index (χ1v) is 17.3. The zero-order chi connectivity index (χ0) is 31.7. The van der Waals surface area contributed by atoms with Crippen molar-refractivity contribution in [2.75, 3.05) is 11.9 Å². The van der Waals surface area contributed by atoms with Crippen molar-refractivity contribution in [2.45, 2.75) is 70.5 Å². The summed E-state index contributed by atoms with van der Waals surface area (Å²) in [7, 11) is -3.38. The molecule has 6 rings (SSSR count). The molecule has 1 aliphatic heterocycles. The topological polar surface area (TPSA) is 139 Å². The molecule has 2 aromatic carbocycles. The fourth-order valence-corrected chi connectivity index (χ4v) is 7.88. The minimum absolute atomic E-state index is 0.132. The minimum atomic E-state index is -3.38. The van der Waals surface area contributed by atoms with Crippen LogP contribution in [0.15, 0.2) is 65.1 Å². The summed E-state index contributed by atoms with van der Waals surface area (Å²) in [5.41, 5.74) is 7.25. The number of carbonyl (C=O) groups excluding carboxylic acids is 1. The van der Waals surface area contributed by atoms with Gasteiger partial charge in [0.2, 0.25) is 11.8 Å². The fourth-order valence-electron chi connectivity index (χ4n) is 5.84. The number of rotatable bonds is 9. The number of aromatic nitrogens is 5. The van der Waals surface area contributed by atoms with Crippen LogP contribution in [0, 0.1) is 13.8 Å². The molecule has 3 aromatic heterocycles. The molecule has 4 heterocycles. The van der Waals surface area contributed by atoms with Gasteiger partial charge in [0.25, 0.3) is 0 Å². The van der Waals surface area contributed by atoms with Gasteiger partial charge >= 0.3 is 0 Å². The Bertz CT molecular complexity index is 1830. The maximum atomic E-state index is 13.4. The fraction of sp³-hybridized carbons (Fsp3) is 0.344. The third-order valence-corrected chi connectivity index (χ3v) is 10.9. The standard InChI is InChI=1S/C32H37N7O4S2/c1-5-25-18-38(45(41,42)29-8-7-13-33-32(29)43-25)17-23-14-22(10-9-20(23)3)27(15-30(40)35-24-16-34-44-19-24)26-11-12-28-31(21(26)4)36-37-39(28)6-2/h7-14,16,19,25,27,41-42H,5-6,15,17-18H2,1-4H3,(H,35,40)/t25-,27+/m1/s1. The van der Waals surface area contributed by atoms with Crippen molar-refractivity contribution in [3.05, 3.63) is 88.1 Å². The molecular formula is C32H37N7O4S2. The van der Waals surface area contributed by atoms with Gasteiger partial charge in [0.15, 0.2) is 0 Å². The minimum Gasteiger partial charge on any atom is -0.472 e. The first kappa shape index (κ1) is 31.1. The van der Waals surface area contributed by atoms with E-state index < -0.39 is 10.8 Å². The van der Waals surface area contributed by atoms with Crippen LogP contribution < -0.4 is 10.1 Å². The molecule has 1 amide bonds. The monoisotopic (exact) mass is 647 g/mol. The summed E-state index contributed by atoms with van der Waals surface area (Å²) >= 11 is 1.28. The van der Waals surface area contributed by atoms with Crippen LogP contribution >= 0.6 is 22.3 Å². The number of aryl methyl sites for hydroxylation is 3. The number of carbonyl (C=O) groups is 1. The molecule has 1 aliphatic rings. The van der Waals surface area contributed by atoms with Crippen LogP contribution in [0.4, 0.5) is 5.69 Å². The zero-order valence-corrected chi connectivity index (χ0v) is 27.3. The largest absolute Gasteiger partial charge is 0.472 e. The SMILES string of the molecule is CC[C@@H]1CN(Cc2cc([C@H](CC(=O)Nc3cnsc3)c3ccc4c(nnn4CC)c3C)ccc2C)S(O)(O)c2cccnc2O1. The Morgan fingerprint density at radius 2 is 2.04 bits per heavy atom. The van der Waals surface area contributed by atoms with E-state index in [1.165, 1.54) is 11.5 Å². The molecule has 0 unspecified atom stereocenters. The lowest BCUT2D eigenvalue weighted by Gasteiger charge is -2.41. The predicted molar refractivity (Wildman–Crippen MR) is 177 cm³/mol. The number of amides is 1. The van der Waals surface area contributed by atoms with E-state index in [1.54, 1.807) is 34.2 Å². The molecule has 236 valence electrons. The van der Waals surface area contributed by atoms with Crippen LogP contribution in [0.5, 0.6) is 5.88 Å². The van der Waals surface area contributed by atoms with Crippen LogP contribution in [-0.4, -0.2) is 56.3 Å². The van der Waals surface area contributed by atoms with E-state index in [4.69, 9.17) is 4.74 Å². The molecule has 0 saturated carbocycles. The molecule has 0 saturated heterocycles. The number of pyridine rings is 1. The normalized spacial score (nSPS) is 17.7. The van der Waals surface area contributed by atoms with E-state index in [2.05, 4.69) is 37.1 Å². The second-order valence-corrected chi connectivity index (χ2v) is 13.9. The van der Waals surface area contributed by atoms with Crippen molar-refractivity contribution in [2.24, 2.45) is 0 Å². The van der Waals surface area contributed by atoms with E-state index >= 15 is 0 Å². The van der Waals surface area contributed by atoms with Crippen LogP contribution in [-0.2, 0) is 17.9 Å². The highest BCUT2D eigenvalue weighted by molar-refractivity contribution is 8.22. The maximum absolute atomic E-state index is 13.4. The molecule has 5 aromatic rings. The summed E-state index contributed by atoms with van der Waals surface area (Å²) in [4.78, 5) is 18.0. The predicted octanol–water partition coefficient (Wildman–Crippen LogP) is 6.78. The van der Waals surface area contributed by atoms with Gasteiger partial charge in [-0.15, -0.1) is 15.9 Å². The summed E-state index contributed by atoms with van der Waals surface area (Å²) in [6, 6.07) is 13.6. The first-order chi connectivity index (χ1) is 21.7. The average molecular weight is 648 g/mol. The van der Waals surface area contributed by atoms with Crippen molar-refractivity contribution in [3.63, 3.8) is 0 Å². The summed E-state index contributed by atoms with van der Waals surface area (Å²) in [5, 5.41) is 13.6. The summed E-state index contributed by atoms with van der Waals surface area (Å²) in [6.07, 6.45) is 3.85. The highest BCUT2D eigenvalue weighted by Crippen LogP contribution is 2.57. The molecule has 0 radical (unpaired) electrons. The number of hydrogen-bond donors (Lipinski definition) is 3. The van der Waals surface area contributed by atoms with Gasteiger partial charge in [-0.2, -0.15) is 8.68 Å². The van der Waals surface area contributed by atoms with Crippen molar-refractivity contribution in [3.8, 4) is 5.88 Å². The van der Waals surface area contributed by atoms with Crippen molar-refractivity contribution in [1.29, 1.82) is 0 Å². The summed E-state index contributed by atoms with van der Waals surface area (Å²) < 4.78 is 36.9. The lowest BCUT2D eigenvalue weighted by Crippen LogP contribution is -2.34. The summed E-state index contributed by atoms with van der Waals surface area (Å²) in [6.45, 7) is 9.38. The number of nitrogens with one attached hydrogen (secondary N) is 1. The zero-order valence-electron chi connectivity index (χ0n) is 25.7. The molecule has 13 heteroatoms. The van der Waals surface area contributed by atoms with E-state index in [0.29, 0.717) is 25.2 Å². The molecule has 45 heavy (non-hydrogen) atoms. The second-order valence-electron chi connectivity index (χ2n) is 11.3. The molecule has 11 nitrogen and oxygen atoms in total. The van der Waals surface area contributed by atoms with E-state index in [9.17, 15) is 13.9 Å². The lowest BCUT2D eigenvalue weighted by atomic mass is 9.84. The Morgan fingerprint density at radius 3 is 2.80 bits per heavy atom. The van der Waals surface area contributed by atoms with Gasteiger partial charge in [0, 0.05) is 37.0 Å². The Balaban J connectivity index is 1.39. The van der Waals surface area contributed by atoms with Crippen LogP contribution in [0.2, 0.25) is 0 Å². The smallest absolute Gasteiger partial charge is 0.239 e. The van der Waals surface area contributed by atoms with Crippen LogP contribution in [0.3, 0.4) is 0 Å². The van der Waals surface area contributed by atoms with E-state index in [0.717, 1.165) is 38.9 Å². The van der Waals surface area contributed by atoms with E-state index in [1.807, 2.05) is 50.6 Å². The first-order valence-electron chi connectivity index (χ1n) is 15.0. The van der Waals surface area contributed by atoms with Crippen LogP contribution in [0.1, 0.15) is 60.4 Å². The molecular weight excluding hydrogens is 611 g/mol. The van der Waals surface area contributed by atoms with Crippen molar-refractivity contribution >= 4 is 44.9 Å². The third-order valence-electron chi connectivity index (χ3n) is 8.42. The molecule has 3 N–H and O–H groups in total. The van der Waals surface area contributed by atoms with Gasteiger partial charge in [-0.1, -0.05) is 36.4 Å². The van der Waals surface area contributed by atoms with Gasteiger partial charge in [0.1, 0.15) is 16.5 Å². The van der Waals surface area contributed by atoms with Gasteiger partial charge in [-0.05, 0) is 84.7 Å². The molecule has 0 bridgehead atoms. The Hall–Kier alpha value is -3.88. The Kier molecular flexibility index (Phi) is 8.89.